The molecule has 0 unspecified atom stereocenters. The van der Waals surface area contributed by atoms with Crippen molar-refractivity contribution in [3.63, 3.8) is 0 Å². The Morgan fingerprint density at radius 2 is 1.66 bits per heavy atom. The van der Waals surface area contributed by atoms with Gasteiger partial charge >= 0.3 is 0 Å². The number of rotatable bonds is 6. The van der Waals surface area contributed by atoms with Crippen molar-refractivity contribution in [3.05, 3.63) is 95.1 Å². The molecule has 4 nitrogen and oxygen atoms in total. The molecular weight excluding hydrogens is 414 g/mol. The standard InChI is InChI=1S/C27H27N3OS/c1-20-8-2-3-10-22(20)19-30-16-14-23(15-17-30)29-27(31)24-11-5-7-13-26(24)32-25-12-6-4-9-21(25)18-28/h2-13,23H,14-17,19H2,1H3,(H,29,31). The zero-order valence-corrected chi connectivity index (χ0v) is 19.1. The molecule has 0 aromatic heterocycles. The molecule has 3 aromatic rings. The minimum atomic E-state index is -0.0418. The topological polar surface area (TPSA) is 56.1 Å². The van der Waals surface area contributed by atoms with Crippen LogP contribution in [0.15, 0.2) is 82.6 Å². The first-order chi connectivity index (χ1) is 15.6. The van der Waals surface area contributed by atoms with Crippen LogP contribution >= 0.6 is 11.8 Å². The molecule has 0 saturated carbocycles. The van der Waals surface area contributed by atoms with Gasteiger partial charge in [-0.2, -0.15) is 5.26 Å². The van der Waals surface area contributed by atoms with Gasteiger partial charge in [-0.05, 0) is 55.2 Å². The van der Waals surface area contributed by atoms with Gasteiger partial charge in [0.2, 0.25) is 0 Å². The third-order valence-corrected chi connectivity index (χ3v) is 7.09. The van der Waals surface area contributed by atoms with Crippen LogP contribution in [0.3, 0.4) is 0 Å². The van der Waals surface area contributed by atoms with Crippen LogP contribution in [0.25, 0.3) is 0 Å². The molecule has 0 bridgehead atoms. The molecular formula is C27H27N3OS. The highest BCUT2D eigenvalue weighted by molar-refractivity contribution is 7.99. The number of carbonyl (C=O) groups excluding carboxylic acids is 1. The van der Waals surface area contributed by atoms with Gasteiger partial charge in [-0.3, -0.25) is 9.69 Å². The van der Waals surface area contributed by atoms with E-state index in [0.717, 1.165) is 42.3 Å². The van der Waals surface area contributed by atoms with E-state index in [-0.39, 0.29) is 11.9 Å². The number of nitriles is 1. The summed E-state index contributed by atoms with van der Waals surface area (Å²) in [6, 6.07) is 26.1. The Morgan fingerprint density at radius 3 is 2.41 bits per heavy atom. The molecule has 1 saturated heterocycles. The summed E-state index contributed by atoms with van der Waals surface area (Å²) in [6.45, 7) is 5.08. The fraction of sp³-hybridized carbons (Fsp3) is 0.259. The molecule has 1 fully saturated rings. The number of aryl methyl sites for hydroxylation is 1. The molecule has 0 spiro atoms. The summed E-state index contributed by atoms with van der Waals surface area (Å²) in [5, 5.41) is 12.6. The van der Waals surface area contributed by atoms with Gasteiger partial charge in [0.1, 0.15) is 6.07 Å². The second-order valence-electron chi connectivity index (χ2n) is 8.16. The molecule has 4 rings (SSSR count). The maximum atomic E-state index is 13.1. The number of nitrogens with zero attached hydrogens (tertiary/aromatic N) is 2. The molecule has 32 heavy (non-hydrogen) atoms. The van der Waals surface area contributed by atoms with E-state index in [0.29, 0.717) is 11.1 Å². The minimum absolute atomic E-state index is 0.0418. The van der Waals surface area contributed by atoms with Crippen LogP contribution in [-0.4, -0.2) is 29.9 Å². The Kier molecular flexibility index (Phi) is 7.26. The molecule has 1 aliphatic heterocycles. The molecule has 1 amide bonds. The van der Waals surface area contributed by atoms with E-state index in [1.54, 1.807) is 6.07 Å². The quantitative estimate of drug-likeness (QED) is 0.555. The van der Waals surface area contributed by atoms with Crippen LogP contribution in [0.2, 0.25) is 0 Å². The second-order valence-corrected chi connectivity index (χ2v) is 9.24. The van der Waals surface area contributed by atoms with E-state index in [4.69, 9.17) is 0 Å². The highest BCUT2D eigenvalue weighted by Gasteiger charge is 2.22. The van der Waals surface area contributed by atoms with E-state index in [9.17, 15) is 10.1 Å². The fourth-order valence-corrected chi connectivity index (χ4v) is 5.06. The summed E-state index contributed by atoms with van der Waals surface area (Å²) in [7, 11) is 0. The molecule has 1 heterocycles. The van der Waals surface area contributed by atoms with Gasteiger partial charge < -0.3 is 5.32 Å². The molecule has 5 heteroatoms. The first kappa shape index (κ1) is 22.1. The SMILES string of the molecule is Cc1ccccc1CN1CCC(NC(=O)c2ccccc2Sc2ccccc2C#N)CC1. The predicted octanol–water partition coefficient (Wildman–Crippen LogP) is 5.41. The number of piperidine rings is 1. The smallest absolute Gasteiger partial charge is 0.252 e. The van der Waals surface area contributed by atoms with E-state index in [1.165, 1.54) is 22.9 Å². The third kappa shape index (κ3) is 5.40. The first-order valence-electron chi connectivity index (χ1n) is 11.0. The van der Waals surface area contributed by atoms with Crippen molar-refractivity contribution in [1.29, 1.82) is 5.26 Å². The maximum absolute atomic E-state index is 13.1. The van der Waals surface area contributed by atoms with E-state index < -0.39 is 0 Å². The van der Waals surface area contributed by atoms with Crippen LogP contribution in [0.1, 0.15) is 39.9 Å². The van der Waals surface area contributed by atoms with Crippen LogP contribution < -0.4 is 5.32 Å². The molecule has 0 atom stereocenters. The Hall–Kier alpha value is -3.07. The van der Waals surface area contributed by atoms with Gasteiger partial charge in [0.05, 0.1) is 11.1 Å². The predicted molar refractivity (Wildman–Crippen MR) is 129 cm³/mol. The van der Waals surface area contributed by atoms with Crippen molar-refractivity contribution in [2.45, 2.75) is 42.1 Å². The average molecular weight is 442 g/mol. The van der Waals surface area contributed by atoms with E-state index in [2.05, 4.69) is 47.5 Å². The lowest BCUT2D eigenvalue weighted by atomic mass is 10.0. The number of benzene rings is 3. The molecule has 3 aromatic carbocycles. The van der Waals surface area contributed by atoms with Gasteiger partial charge in [0.15, 0.2) is 0 Å². The normalized spacial score (nSPS) is 14.6. The summed E-state index contributed by atoms with van der Waals surface area (Å²) in [5.74, 6) is -0.0418. The highest BCUT2D eigenvalue weighted by atomic mass is 32.2. The second kappa shape index (κ2) is 10.5. The van der Waals surface area contributed by atoms with Crippen molar-refractivity contribution in [3.8, 4) is 6.07 Å². The number of likely N-dealkylation sites (tertiary alicyclic amines) is 1. The number of nitrogens with one attached hydrogen (secondary N) is 1. The largest absolute Gasteiger partial charge is 0.349 e. The van der Waals surface area contributed by atoms with Crippen molar-refractivity contribution < 1.29 is 4.79 Å². The van der Waals surface area contributed by atoms with Crippen molar-refractivity contribution >= 4 is 17.7 Å². The first-order valence-corrected chi connectivity index (χ1v) is 11.8. The Labute approximate surface area is 194 Å². The summed E-state index contributed by atoms with van der Waals surface area (Å²) >= 11 is 1.47. The Bertz CT molecular complexity index is 1130. The zero-order chi connectivity index (χ0) is 22.3. The lowest BCUT2D eigenvalue weighted by Gasteiger charge is -2.32. The van der Waals surface area contributed by atoms with Crippen LogP contribution in [0, 0.1) is 18.3 Å². The van der Waals surface area contributed by atoms with Gasteiger partial charge in [0.25, 0.3) is 5.91 Å². The van der Waals surface area contributed by atoms with Crippen molar-refractivity contribution in [2.24, 2.45) is 0 Å². The van der Waals surface area contributed by atoms with Gasteiger partial charge in [0, 0.05) is 35.5 Å². The summed E-state index contributed by atoms with van der Waals surface area (Å²) in [6.07, 6.45) is 1.90. The van der Waals surface area contributed by atoms with Gasteiger partial charge in [-0.25, -0.2) is 0 Å². The monoisotopic (exact) mass is 441 g/mol. The zero-order valence-electron chi connectivity index (χ0n) is 18.3. The molecule has 0 aliphatic carbocycles. The summed E-state index contributed by atoms with van der Waals surface area (Å²) in [5.41, 5.74) is 3.98. The number of amides is 1. The molecule has 162 valence electrons. The third-order valence-electron chi connectivity index (χ3n) is 5.94. The van der Waals surface area contributed by atoms with Gasteiger partial charge in [-0.1, -0.05) is 60.3 Å². The highest BCUT2D eigenvalue weighted by Crippen LogP contribution is 2.32. The van der Waals surface area contributed by atoms with Gasteiger partial charge in [-0.15, -0.1) is 0 Å². The minimum Gasteiger partial charge on any atom is -0.349 e. The molecule has 0 radical (unpaired) electrons. The van der Waals surface area contributed by atoms with Crippen LogP contribution in [-0.2, 0) is 6.54 Å². The van der Waals surface area contributed by atoms with Crippen LogP contribution in [0.5, 0.6) is 0 Å². The molecule has 1 aliphatic rings. The Morgan fingerprint density at radius 1 is 1.00 bits per heavy atom. The van der Waals surface area contributed by atoms with Crippen LogP contribution in [0.4, 0.5) is 0 Å². The lowest BCUT2D eigenvalue weighted by Crippen LogP contribution is -2.44. The number of hydrogen-bond acceptors (Lipinski definition) is 4. The number of carbonyl (C=O) groups is 1. The summed E-state index contributed by atoms with van der Waals surface area (Å²) < 4.78 is 0. The Balaban J connectivity index is 1.37. The molecule has 1 N–H and O–H groups in total. The van der Waals surface area contributed by atoms with E-state index >= 15 is 0 Å². The van der Waals surface area contributed by atoms with Crippen molar-refractivity contribution in [1.82, 2.24) is 10.2 Å². The number of hydrogen-bond donors (Lipinski definition) is 1. The lowest BCUT2D eigenvalue weighted by molar-refractivity contribution is 0.0906. The fourth-order valence-electron chi connectivity index (χ4n) is 4.04. The van der Waals surface area contributed by atoms with E-state index in [1.807, 2.05) is 42.5 Å². The van der Waals surface area contributed by atoms with Crippen molar-refractivity contribution in [2.75, 3.05) is 13.1 Å². The maximum Gasteiger partial charge on any atom is 0.252 e. The average Bonchev–Trinajstić information content (AvgIpc) is 2.82. The summed E-state index contributed by atoms with van der Waals surface area (Å²) in [4.78, 5) is 17.3.